The first kappa shape index (κ1) is 15.4. The molecule has 0 amide bonds. The molecule has 0 unspecified atom stereocenters. The Balaban J connectivity index is 1.76. The third-order valence-corrected chi connectivity index (χ3v) is 4.72. The maximum Gasteiger partial charge on any atom is 0.173 e. The zero-order valence-electron chi connectivity index (χ0n) is 11.4. The Morgan fingerprint density at radius 2 is 1.95 bits per heavy atom. The van der Waals surface area contributed by atoms with Gasteiger partial charge in [-0.3, -0.25) is 0 Å². The first-order valence-electron chi connectivity index (χ1n) is 6.71. The summed E-state index contributed by atoms with van der Waals surface area (Å²) >= 11 is 1.12. The molecule has 1 aromatic carbocycles. The van der Waals surface area contributed by atoms with Gasteiger partial charge in [0.1, 0.15) is 12.2 Å². The van der Waals surface area contributed by atoms with Gasteiger partial charge in [0, 0.05) is 11.3 Å². The first-order chi connectivity index (χ1) is 10.6. The van der Waals surface area contributed by atoms with Crippen LogP contribution >= 0.6 is 11.8 Å². The summed E-state index contributed by atoms with van der Waals surface area (Å²) in [4.78, 5) is 0. The molecule has 2 heterocycles. The number of furan rings is 1. The van der Waals surface area contributed by atoms with Crippen LogP contribution in [0, 0.1) is 5.82 Å². The van der Waals surface area contributed by atoms with Crippen molar-refractivity contribution in [1.82, 2.24) is 0 Å². The highest BCUT2D eigenvalue weighted by Gasteiger charge is 2.38. The van der Waals surface area contributed by atoms with Crippen molar-refractivity contribution in [3.05, 3.63) is 42.6 Å². The average Bonchev–Trinajstić information content (AvgIpc) is 3.04. The van der Waals surface area contributed by atoms with E-state index in [9.17, 15) is 19.7 Å². The number of ether oxygens (including phenoxy) is 1. The van der Waals surface area contributed by atoms with Gasteiger partial charge in [0.2, 0.25) is 0 Å². The molecule has 3 N–H and O–H groups in total. The molecule has 4 atom stereocenters. The van der Waals surface area contributed by atoms with E-state index in [-0.39, 0.29) is 11.5 Å². The summed E-state index contributed by atoms with van der Waals surface area (Å²) in [6.07, 6.45) is -0.609. The van der Waals surface area contributed by atoms with Crippen molar-refractivity contribution in [3.8, 4) is 16.9 Å². The van der Waals surface area contributed by atoms with Crippen molar-refractivity contribution in [1.29, 1.82) is 0 Å². The maximum absolute atomic E-state index is 14.1. The molecule has 0 saturated carbocycles. The van der Waals surface area contributed by atoms with Crippen LogP contribution in [-0.4, -0.2) is 44.8 Å². The fourth-order valence-corrected chi connectivity index (χ4v) is 3.33. The smallest absolute Gasteiger partial charge is 0.173 e. The molecule has 2 aromatic rings. The Bertz CT molecular complexity index is 633. The molecule has 1 aliphatic rings. The summed E-state index contributed by atoms with van der Waals surface area (Å²) in [6.45, 7) is 0. The Morgan fingerprint density at radius 3 is 2.64 bits per heavy atom. The van der Waals surface area contributed by atoms with Crippen LogP contribution in [0.4, 0.5) is 4.39 Å². The second-order valence-corrected chi connectivity index (χ2v) is 6.16. The van der Waals surface area contributed by atoms with Crippen LogP contribution in [0.3, 0.4) is 0 Å². The molecule has 1 aromatic heterocycles. The van der Waals surface area contributed by atoms with Gasteiger partial charge >= 0.3 is 0 Å². The van der Waals surface area contributed by atoms with Gasteiger partial charge in [-0.2, -0.15) is 0 Å². The highest BCUT2D eigenvalue weighted by atomic mass is 32.2. The van der Waals surface area contributed by atoms with Gasteiger partial charge < -0.3 is 24.5 Å². The third-order valence-electron chi connectivity index (χ3n) is 3.48. The van der Waals surface area contributed by atoms with Crippen molar-refractivity contribution in [2.24, 2.45) is 0 Å². The summed E-state index contributed by atoms with van der Waals surface area (Å²) in [6, 6.07) is 6.16. The summed E-state index contributed by atoms with van der Waals surface area (Å²) in [7, 11) is 0. The Morgan fingerprint density at radius 1 is 1.14 bits per heavy atom. The Hall–Kier alpha value is -1.54. The zero-order chi connectivity index (χ0) is 15.7. The molecule has 1 saturated heterocycles. The lowest BCUT2D eigenvalue weighted by Gasteiger charge is -2.34. The van der Waals surface area contributed by atoms with Crippen LogP contribution < -0.4 is 4.74 Å². The largest absolute Gasteiger partial charge is 0.474 e. The fourth-order valence-electron chi connectivity index (χ4n) is 2.21. The van der Waals surface area contributed by atoms with Crippen LogP contribution in [-0.2, 0) is 0 Å². The second kappa shape index (κ2) is 6.29. The predicted octanol–water partition coefficient (Wildman–Crippen LogP) is 1.62. The van der Waals surface area contributed by atoms with E-state index in [2.05, 4.69) is 0 Å². The van der Waals surface area contributed by atoms with Crippen molar-refractivity contribution in [2.45, 2.75) is 23.7 Å². The molecule has 0 bridgehead atoms. The molecule has 5 nitrogen and oxygen atoms in total. The summed E-state index contributed by atoms with van der Waals surface area (Å²) in [5.41, 5.74) is 0.551. The second-order valence-electron chi connectivity index (χ2n) is 5.03. The molecule has 3 rings (SSSR count). The minimum atomic E-state index is -1.31. The topological polar surface area (TPSA) is 83.1 Å². The van der Waals surface area contributed by atoms with E-state index >= 15 is 0 Å². The molecule has 1 fully saturated rings. The molecule has 1 aliphatic heterocycles. The number of benzene rings is 1. The van der Waals surface area contributed by atoms with E-state index < -0.39 is 29.6 Å². The zero-order valence-corrected chi connectivity index (χ0v) is 12.2. The number of hydrogen-bond acceptors (Lipinski definition) is 6. The standard InChI is InChI=1S/C15H15FO5S/c16-10-5-8(9-3-4-20-6-9)1-2-12(10)21-15-14(19)13(18)11(17)7-22-15/h1-6,11,13-15,17-19H,7H2/t11-,13+,14-,15+/m1/s1. The first-order valence-corrected chi connectivity index (χ1v) is 7.75. The van der Waals surface area contributed by atoms with Gasteiger partial charge in [0.25, 0.3) is 0 Å². The highest BCUT2D eigenvalue weighted by molar-refractivity contribution is 7.99. The van der Waals surface area contributed by atoms with E-state index in [4.69, 9.17) is 9.15 Å². The number of hydrogen-bond donors (Lipinski definition) is 3. The number of aliphatic hydroxyl groups is 3. The average molecular weight is 326 g/mol. The summed E-state index contributed by atoms with van der Waals surface area (Å²) in [5.74, 6) is -0.392. The third kappa shape index (κ3) is 2.98. The lowest BCUT2D eigenvalue weighted by atomic mass is 10.1. The maximum atomic E-state index is 14.1. The van der Waals surface area contributed by atoms with Crippen molar-refractivity contribution in [2.75, 3.05) is 5.75 Å². The van der Waals surface area contributed by atoms with E-state index in [0.29, 0.717) is 5.56 Å². The number of halogens is 1. The number of aliphatic hydroxyl groups excluding tert-OH is 3. The van der Waals surface area contributed by atoms with Crippen molar-refractivity contribution >= 4 is 11.8 Å². The number of rotatable bonds is 3. The number of thioether (sulfide) groups is 1. The molecule has 7 heteroatoms. The molecule has 0 aliphatic carbocycles. The SMILES string of the molecule is O[C@@H]1[C@@H](O)[C@@H](Oc2ccc(-c3ccoc3)cc2F)SC[C@H]1O. The van der Waals surface area contributed by atoms with Gasteiger partial charge in [-0.15, -0.1) is 11.8 Å². The van der Waals surface area contributed by atoms with E-state index in [1.807, 2.05) is 0 Å². The van der Waals surface area contributed by atoms with E-state index in [0.717, 1.165) is 17.3 Å². The van der Waals surface area contributed by atoms with Gasteiger partial charge in [-0.25, -0.2) is 4.39 Å². The molecule has 118 valence electrons. The Kier molecular flexibility index (Phi) is 4.39. The monoisotopic (exact) mass is 326 g/mol. The van der Waals surface area contributed by atoms with Crippen LogP contribution in [0.1, 0.15) is 0 Å². The normalized spacial score (nSPS) is 28.5. The van der Waals surface area contributed by atoms with Gasteiger partial charge in [-0.1, -0.05) is 6.07 Å². The van der Waals surface area contributed by atoms with E-state index in [1.165, 1.54) is 24.7 Å². The molecule has 0 radical (unpaired) electrons. The van der Waals surface area contributed by atoms with Crippen LogP contribution in [0.5, 0.6) is 5.75 Å². The predicted molar refractivity (Wildman–Crippen MR) is 79.0 cm³/mol. The van der Waals surface area contributed by atoms with Crippen molar-refractivity contribution < 1.29 is 28.9 Å². The van der Waals surface area contributed by atoms with Crippen LogP contribution in [0.15, 0.2) is 41.2 Å². The van der Waals surface area contributed by atoms with Gasteiger partial charge in [-0.05, 0) is 23.8 Å². The molecule has 22 heavy (non-hydrogen) atoms. The minimum absolute atomic E-state index is 0.0209. The minimum Gasteiger partial charge on any atom is -0.474 e. The molecular formula is C15H15FO5S. The van der Waals surface area contributed by atoms with Crippen LogP contribution in [0.2, 0.25) is 0 Å². The lowest BCUT2D eigenvalue weighted by molar-refractivity contribution is -0.0790. The Labute approximate surface area is 130 Å². The highest BCUT2D eigenvalue weighted by Crippen LogP contribution is 2.32. The van der Waals surface area contributed by atoms with Crippen LogP contribution in [0.25, 0.3) is 11.1 Å². The quantitative estimate of drug-likeness (QED) is 0.795. The molecule has 0 spiro atoms. The summed E-state index contributed by atoms with van der Waals surface area (Å²) < 4.78 is 24.5. The van der Waals surface area contributed by atoms with Gasteiger partial charge in [0.15, 0.2) is 17.0 Å². The molecular weight excluding hydrogens is 311 g/mol. The van der Waals surface area contributed by atoms with Crippen molar-refractivity contribution in [3.63, 3.8) is 0 Å². The van der Waals surface area contributed by atoms with E-state index in [1.54, 1.807) is 12.1 Å². The summed E-state index contributed by atoms with van der Waals surface area (Å²) in [5, 5.41) is 29.0. The fraction of sp³-hybridized carbons (Fsp3) is 0.333. The van der Waals surface area contributed by atoms with Gasteiger partial charge in [0.05, 0.1) is 18.6 Å². The lowest BCUT2D eigenvalue weighted by Crippen LogP contribution is -2.50.